The van der Waals surface area contributed by atoms with Crippen LogP contribution in [0.2, 0.25) is 0 Å². The average molecular weight is 281 g/mol. The number of hydrogen-bond acceptors (Lipinski definition) is 3. The van der Waals surface area contributed by atoms with Crippen LogP contribution in [0, 0.1) is 0 Å². The molecule has 0 saturated carbocycles. The number of fused-ring (bicyclic) bond motifs is 1. The lowest BCUT2D eigenvalue weighted by atomic mass is 10.0. The highest BCUT2D eigenvalue weighted by atomic mass is 16.2. The van der Waals surface area contributed by atoms with Crippen LogP contribution in [0.1, 0.15) is 18.6 Å². The van der Waals surface area contributed by atoms with Crippen LogP contribution in [0.5, 0.6) is 0 Å². The van der Waals surface area contributed by atoms with Crippen LogP contribution in [0.4, 0.5) is 5.69 Å². The number of para-hydroxylation sites is 1. The molecule has 1 heterocycles. The third-order valence-electron chi connectivity index (χ3n) is 3.42. The van der Waals surface area contributed by atoms with Gasteiger partial charge in [-0.15, -0.1) is 0 Å². The average Bonchev–Trinajstić information content (AvgIpc) is 2.60. The first-order valence-corrected chi connectivity index (χ1v) is 6.44. The van der Waals surface area contributed by atoms with Crippen molar-refractivity contribution in [1.82, 2.24) is 0 Å². The molecule has 0 unspecified atom stereocenters. The number of benzene rings is 2. The van der Waals surface area contributed by atoms with E-state index in [0.29, 0.717) is 0 Å². The number of anilines is 1. The van der Waals surface area contributed by atoms with Gasteiger partial charge in [0, 0.05) is 18.2 Å². The number of carbonyl (C=O) groups excluding carboxylic acids is 1. The summed E-state index contributed by atoms with van der Waals surface area (Å²) < 4.78 is 0. The van der Waals surface area contributed by atoms with Gasteiger partial charge in [-0.2, -0.15) is 0 Å². The van der Waals surface area contributed by atoms with Crippen LogP contribution in [0.25, 0.3) is 0 Å². The summed E-state index contributed by atoms with van der Waals surface area (Å²) in [7, 11) is 1.73. The summed E-state index contributed by atoms with van der Waals surface area (Å²) in [5, 5.41) is 0. The molecule has 0 fully saturated rings. The first kappa shape index (κ1) is 14.9. The number of likely N-dealkylation sites (N-methyl/N-ethyl adjacent to an activating group) is 1. The summed E-state index contributed by atoms with van der Waals surface area (Å²) in [6.07, 6.45) is -0.873. The van der Waals surface area contributed by atoms with Crippen molar-refractivity contribution in [3.8, 4) is 0 Å². The summed E-state index contributed by atoms with van der Waals surface area (Å²) in [5.41, 5.74) is 9.36. The minimum absolute atomic E-state index is 0. The molecule has 2 aromatic rings. The highest BCUT2D eigenvalue weighted by molar-refractivity contribution is 6.19. The minimum Gasteiger partial charge on any atom is -0.312 e. The van der Waals surface area contributed by atoms with Crippen molar-refractivity contribution in [2.45, 2.75) is 13.6 Å². The van der Waals surface area contributed by atoms with Gasteiger partial charge in [0.2, 0.25) is 0 Å². The molecule has 2 N–H and O–H groups in total. The molecule has 4 heteroatoms. The Morgan fingerprint density at radius 1 is 1.05 bits per heavy atom. The zero-order chi connectivity index (χ0) is 14.1. The van der Waals surface area contributed by atoms with E-state index in [1.807, 2.05) is 54.6 Å². The molecule has 0 aliphatic carbocycles. The lowest BCUT2D eigenvalue weighted by molar-refractivity contribution is -0.119. The Balaban J connectivity index is 0.00000161. The number of hydrogen-bond donors (Lipinski definition) is 1. The number of nitrogens with two attached hydrogens (primary N) is 1. The second-order valence-electron chi connectivity index (χ2n) is 4.70. The topological polar surface area (TPSA) is 58.7 Å². The Kier molecular flexibility index (Phi) is 4.19. The van der Waals surface area contributed by atoms with Crippen LogP contribution in [-0.2, 0) is 4.79 Å². The van der Waals surface area contributed by atoms with Gasteiger partial charge in [-0.1, -0.05) is 56.0 Å². The maximum atomic E-state index is 12.2. The van der Waals surface area contributed by atoms with E-state index in [-0.39, 0.29) is 13.3 Å². The number of nitrogens with zero attached hydrogens (tertiary/aromatic N) is 2. The molecule has 0 spiro atoms. The van der Waals surface area contributed by atoms with Crippen molar-refractivity contribution in [2.75, 3.05) is 11.9 Å². The third kappa shape index (κ3) is 2.58. The summed E-state index contributed by atoms with van der Waals surface area (Å²) in [4.78, 5) is 18.2. The largest absolute Gasteiger partial charge is 0.312 e. The van der Waals surface area contributed by atoms with Gasteiger partial charge < -0.3 is 10.6 Å². The Hall–Kier alpha value is -2.46. The first-order chi connectivity index (χ1) is 9.68. The fourth-order valence-corrected chi connectivity index (χ4v) is 2.37. The van der Waals surface area contributed by atoms with Gasteiger partial charge in [-0.05, 0) is 6.07 Å². The molecule has 1 aliphatic heterocycles. The molecular weight excluding hydrogens is 262 g/mol. The molecule has 1 aliphatic rings. The predicted molar refractivity (Wildman–Crippen MR) is 86.6 cm³/mol. The third-order valence-corrected chi connectivity index (χ3v) is 3.42. The molecule has 1 amide bonds. The van der Waals surface area contributed by atoms with E-state index in [2.05, 4.69) is 4.99 Å². The van der Waals surface area contributed by atoms with E-state index in [1.165, 1.54) is 0 Å². The number of amides is 1. The van der Waals surface area contributed by atoms with Crippen molar-refractivity contribution in [3.63, 3.8) is 0 Å². The molecular formula is C17H19N3O. The molecule has 2 aromatic carbocycles. The number of rotatable bonds is 1. The van der Waals surface area contributed by atoms with Gasteiger partial charge in [0.1, 0.15) is 0 Å². The van der Waals surface area contributed by atoms with Crippen molar-refractivity contribution >= 4 is 17.3 Å². The zero-order valence-electron chi connectivity index (χ0n) is 11.2. The first-order valence-electron chi connectivity index (χ1n) is 6.44. The summed E-state index contributed by atoms with van der Waals surface area (Å²) >= 11 is 0. The quantitative estimate of drug-likeness (QED) is 0.872. The smallest absolute Gasteiger partial charge is 0.266 e. The minimum atomic E-state index is -0.873. The molecule has 0 radical (unpaired) electrons. The van der Waals surface area contributed by atoms with Crippen LogP contribution in [0.15, 0.2) is 59.6 Å². The Morgan fingerprint density at radius 2 is 1.67 bits per heavy atom. The normalized spacial score (nSPS) is 17.4. The lowest BCUT2D eigenvalue weighted by Crippen LogP contribution is -2.39. The van der Waals surface area contributed by atoms with E-state index < -0.39 is 6.17 Å². The Labute approximate surface area is 124 Å². The second kappa shape index (κ2) is 5.89. The van der Waals surface area contributed by atoms with Crippen molar-refractivity contribution in [1.29, 1.82) is 0 Å². The molecule has 1 atom stereocenters. The Morgan fingerprint density at radius 3 is 2.38 bits per heavy atom. The van der Waals surface area contributed by atoms with E-state index in [1.54, 1.807) is 11.9 Å². The van der Waals surface area contributed by atoms with Crippen LogP contribution in [-0.4, -0.2) is 24.8 Å². The molecule has 108 valence electrons. The lowest BCUT2D eigenvalue weighted by Gasteiger charge is -2.18. The fourth-order valence-electron chi connectivity index (χ4n) is 2.37. The standard InChI is InChI=1S/C16H15N3O.CH4/c1-19-13-10-6-5-9-12(13)14(18-15(17)16(19)20)11-7-3-2-4-8-11;/h2-10,15H,17H2,1H3;1H4/t15-;/m0./s1. The zero-order valence-corrected chi connectivity index (χ0v) is 11.2. The van der Waals surface area contributed by atoms with Gasteiger partial charge in [0.25, 0.3) is 5.91 Å². The number of carbonyl (C=O) groups is 1. The molecule has 3 rings (SSSR count). The van der Waals surface area contributed by atoms with Crippen LogP contribution in [0.3, 0.4) is 0 Å². The van der Waals surface area contributed by atoms with Gasteiger partial charge >= 0.3 is 0 Å². The fraction of sp³-hybridized carbons (Fsp3) is 0.176. The highest BCUT2D eigenvalue weighted by Crippen LogP contribution is 2.26. The van der Waals surface area contributed by atoms with Crippen LogP contribution >= 0.6 is 0 Å². The summed E-state index contributed by atoms with van der Waals surface area (Å²) in [5.74, 6) is -0.205. The summed E-state index contributed by atoms with van der Waals surface area (Å²) in [6, 6.07) is 17.5. The van der Waals surface area contributed by atoms with Crippen LogP contribution < -0.4 is 10.6 Å². The number of aliphatic imine (C=N–C) groups is 1. The van der Waals surface area contributed by atoms with Gasteiger partial charge in [0.15, 0.2) is 6.17 Å². The van der Waals surface area contributed by atoms with E-state index in [9.17, 15) is 4.79 Å². The monoisotopic (exact) mass is 281 g/mol. The Bertz CT molecular complexity index is 679. The summed E-state index contributed by atoms with van der Waals surface area (Å²) in [6.45, 7) is 0. The van der Waals surface area contributed by atoms with Crippen molar-refractivity contribution < 1.29 is 4.79 Å². The number of benzodiazepines with no additional fused rings is 1. The van der Waals surface area contributed by atoms with Gasteiger partial charge in [-0.25, -0.2) is 0 Å². The predicted octanol–water partition coefficient (Wildman–Crippen LogP) is 2.42. The van der Waals surface area contributed by atoms with E-state index >= 15 is 0 Å². The SMILES string of the molecule is C.CN1C(=O)[C@@H](N)N=C(c2ccccc2)c2ccccc21. The van der Waals surface area contributed by atoms with Crippen molar-refractivity contribution in [2.24, 2.45) is 10.7 Å². The molecule has 21 heavy (non-hydrogen) atoms. The second-order valence-corrected chi connectivity index (χ2v) is 4.70. The maximum Gasteiger partial charge on any atom is 0.266 e. The molecule has 0 bridgehead atoms. The van der Waals surface area contributed by atoms with E-state index in [0.717, 1.165) is 22.5 Å². The van der Waals surface area contributed by atoms with Gasteiger partial charge in [0.05, 0.1) is 11.4 Å². The molecule has 0 aromatic heterocycles. The van der Waals surface area contributed by atoms with Crippen molar-refractivity contribution in [3.05, 3.63) is 65.7 Å². The van der Waals surface area contributed by atoms with Gasteiger partial charge in [-0.3, -0.25) is 9.79 Å². The molecule has 4 nitrogen and oxygen atoms in total. The highest BCUT2D eigenvalue weighted by Gasteiger charge is 2.26. The maximum absolute atomic E-state index is 12.2. The molecule has 0 saturated heterocycles. The van der Waals surface area contributed by atoms with E-state index in [4.69, 9.17) is 5.73 Å².